The first-order chi connectivity index (χ1) is 18.6. The fraction of sp³-hybridized carbons (Fsp3) is 0.556. The number of carbonyl (C=O) groups excluding carboxylic acids is 1. The van der Waals surface area contributed by atoms with Crippen molar-refractivity contribution in [1.29, 1.82) is 0 Å². The van der Waals surface area contributed by atoms with E-state index in [1.807, 2.05) is 6.92 Å². The SMILES string of the molecule is Cc1cnc(NC(=O)CC[C@@H]2C/C(=N\OCC(=O)O)[C@@]3(C)CCC4c5cc([N+](=O)[O-])c(O)cc5CCC4C23)s1. The molecule has 3 unspecified atom stereocenters. The quantitative estimate of drug-likeness (QED) is 0.301. The molecule has 5 atom stereocenters. The first-order valence-electron chi connectivity index (χ1n) is 13.2. The predicted octanol–water partition coefficient (Wildman–Crippen LogP) is 5.02. The average molecular weight is 557 g/mol. The van der Waals surface area contributed by atoms with Gasteiger partial charge < -0.3 is 20.4 Å². The molecule has 3 aliphatic rings. The minimum Gasteiger partial charge on any atom is -0.502 e. The number of rotatable bonds is 8. The molecule has 39 heavy (non-hydrogen) atoms. The van der Waals surface area contributed by atoms with Crippen LogP contribution in [0.2, 0.25) is 0 Å². The summed E-state index contributed by atoms with van der Waals surface area (Å²) in [5.74, 6) is -0.926. The van der Waals surface area contributed by atoms with Crippen molar-refractivity contribution in [3.8, 4) is 5.75 Å². The normalized spacial score (nSPS) is 28.3. The molecule has 3 N–H and O–H groups in total. The monoisotopic (exact) mass is 556 g/mol. The third kappa shape index (κ3) is 5.21. The number of oxime groups is 1. The molecule has 11 nitrogen and oxygen atoms in total. The maximum absolute atomic E-state index is 12.8. The van der Waals surface area contributed by atoms with Crippen LogP contribution in [-0.2, 0) is 20.8 Å². The van der Waals surface area contributed by atoms with Crippen molar-refractivity contribution in [1.82, 2.24) is 4.98 Å². The highest BCUT2D eigenvalue weighted by Crippen LogP contribution is 2.63. The fourth-order valence-electron chi connectivity index (χ4n) is 7.31. The van der Waals surface area contributed by atoms with E-state index in [4.69, 9.17) is 9.94 Å². The number of nitrogens with zero attached hydrogens (tertiary/aromatic N) is 3. The molecule has 2 fully saturated rings. The summed E-state index contributed by atoms with van der Waals surface area (Å²) in [6.07, 6.45) is 6.38. The zero-order valence-corrected chi connectivity index (χ0v) is 22.7. The lowest BCUT2D eigenvalue weighted by Gasteiger charge is -2.50. The summed E-state index contributed by atoms with van der Waals surface area (Å²) < 4.78 is 0. The van der Waals surface area contributed by atoms with E-state index in [2.05, 4.69) is 22.4 Å². The molecule has 0 radical (unpaired) electrons. The summed E-state index contributed by atoms with van der Waals surface area (Å²) in [5.41, 5.74) is 2.11. The Bertz CT molecular complexity index is 1340. The number of amides is 1. The van der Waals surface area contributed by atoms with Crippen LogP contribution in [-0.4, -0.2) is 44.3 Å². The van der Waals surface area contributed by atoms with Crippen LogP contribution in [0.5, 0.6) is 5.75 Å². The van der Waals surface area contributed by atoms with E-state index in [1.165, 1.54) is 11.3 Å². The predicted molar refractivity (Wildman–Crippen MR) is 144 cm³/mol. The van der Waals surface area contributed by atoms with Crippen molar-refractivity contribution in [2.45, 2.75) is 64.7 Å². The molecule has 5 rings (SSSR count). The van der Waals surface area contributed by atoms with E-state index in [0.29, 0.717) is 30.8 Å². The van der Waals surface area contributed by atoms with Gasteiger partial charge in [0.05, 0.1) is 10.6 Å². The maximum Gasteiger partial charge on any atom is 0.344 e. The van der Waals surface area contributed by atoms with E-state index >= 15 is 0 Å². The molecule has 0 saturated heterocycles. The van der Waals surface area contributed by atoms with Gasteiger partial charge in [-0.3, -0.25) is 14.9 Å². The van der Waals surface area contributed by atoms with Crippen molar-refractivity contribution in [2.75, 3.05) is 11.9 Å². The van der Waals surface area contributed by atoms with Crippen molar-refractivity contribution < 1.29 is 29.6 Å². The number of aliphatic carboxylic acids is 1. The van der Waals surface area contributed by atoms with Crippen LogP contribution in [0, 0.1) is 40.2 Å². The first-order valence-corrected chi connectivity index (χ1v) is 14.0. The number of aromatic nitrogens is 1. The van der Waals surface area contributed by atoms with Gasteiger partial charge in [0.15, 0.2) is 10.9 Å². The lowest BCUT2D eigenvalue weighted by atomic mass is 9.54. The summed E-state index contributed by atoms with van der Waals surface area (Å²) in [4.78, 5) is 45.2. The topological polar surface area (TPSA) is 164 Å². The Kier molecular flexibility index (Phi) is 7.32. The number of nitro benzene ring substituents is 1. The number of hydrogen-bond acceptors (Lipinski definition) is 9. The molecular formula is C27H32N4O7S. The van der Waals surface area contributed by atoms with Gasteiger partial charge in [-0.05, 0) is 86.3 Å². The molecule has 1 amide bonds. The van der Waals surface area contributed by atoms with Gasteiger partial charge in [0, 0.05) is 29.0 Å². The number of nitrogens with one attached hydrogen (secondary N) is 1. The highest BCUT2D eigenvalue weighted by atomic mass is 32.1. The third-order valence-electron chi connectivity index (χ3n) is 8.86. The zero-order valence-electron chi connectivity index (χ0n) is 21.9. The summed E-state index contributed by atoms with van der Waals surface area (Å²) in [6.45, 7) is 3.57. The van der Waals surface area contributed by atoms with Gasteiger partial charge in [0.2, 0.25) is 12.5 Å². The van der Waals surface area contributed by atoms with Gasteiger partial charge in [0.25, 0.3) is 0 Å². The van der Waals surface area contributed by atoms with Crippen molar-refractivity contribution >= 4 is 39.7 Å². The number of phenolic OH excluding ortho intramolecular Hbond substituents is 1. The molecule has 0 aliphatic heterocycles. The van der Waals surface area contributed by atoms with Crippen LogP contribution < -0.4 is 5.32 Å². The van der Waals surface area contributed by atoms with Crippen LogP contribution in [0.3, 0.4) is 0 Å². The number of phenols is 1. The largest absolute Gasteiger partial charge is 0.502 e. The first kappa shape index (κ1) is 27.0. The van der Waals surface area contributed by atoms with Gasteiger partial charge in [-0.25, -0.2) is 9.78 Å². The van der Waals surface area contributed by atoms with E-state index in [0.717, 1.165) is 41.0 Å². The molecule has 3 aliphatic carbocycles. The van der Waals surface area contributed by atoms with Crippen LogP contribution in [0.25, 0.3) is 0 Å². The average Bonchev–Trinajstić information content (AvgIpc) is 3.41. The number of aromatic hydroxyl groups is 1. The van der Waals surface area contributed by atoms with Gasteiger partial charge >= 0.3 is 11.7 Å². The minimum absolute atomic E-state index is 0.0973. The summed E-state index contributed by atoms with van der Waals surface area (Å²) in [7, 11) is 0. The van der Waals surface area contributed by atoms with Gasteiger partial charge in [0.1, 0.15) is 0 Å². The lowest BCUT2D eigenvalue weighted by Crippen LogP contribution is -2.44. The van der Waals surface area contributed by atoms with Gasteiger partial charge in [-0.15, -0.1) is 11.3 Å². The Hall–Kier alpha value is -3.54. The van der Waals surface area contributed by atoms with Gasteiger partial charge in [-0.1, -0.05) is 12.1 Å². The Labute approximate surface area is 229 Å². The highest BCUT2D eigenvalue weighted by molar-refractivity contribution is 7.15. The molecule has 12 heteroatoms. The Balaban J connectivity index is 1.42. The molecule has 1 heterocycles. The second-order valence-electron chi connectivity index (χ2n) is 11.1. The third-order valence-corrected chi connectivity index (χ3v) is 9.69. The van der Waals surface area contributed by atoms with Crippen LogP contribution in [0.4, 0.5) is 10.8 Å². The van der Waals surface area contributed by atoms with Gasteiger partial charge in [-0.2, -0.15) is 0 Å². The molecule has 0 spiro atoms. The van der Waals surface area contributed by atoms with Crippen molar-refractivity contribution in [2.24, 2.45) is 28.3 Å². The van der Waals surface area contributed by atoms with Crippen molar-refractivity contribution in [3.63, 3.8) is 0 Å². The number of benzene rings is 1. The highest BCUT2D eigenvalue weighted by Gasteiger charge is 2.57. The van der Waals surface area contributed by atoms with Crippen LogP contribution in [0.1, 0.15) is 67.4 Å². The number of thiazole rings is 1. The number of carboxylic acids is 1. The number of nitro groups is 1. The Morgan fingerprint density at radius 3 is 2.85 bits per heavy atom. The van der Waals surface area contributed by atoms with Crippen LogP contribution >= 0.6 is 11.3 Å². The van der Waals surface area contributed by atoms with E-state index < -0.39 is 17.5 Å². The number of anilines is 1. The molecule has 2 aromatic rings. The number of hydrogen-bond donors (Lipinski definition) is 3. The smallest absolute Gasteiger partial charge is 0.344 e. The fourth-order valence-corrected chi connectivity index (χ4v) is 7.99. The molecule has 1 aromatic carbocycles. The second kappa shape index (κ2) is 10.6. The minimum atomic E-state index is -1.10. The summed E-state index contributed by atoms with van der Waals surface area (Å²) in [6, 6.07) is 3.09. The summed E-state index contributed by atoms with van der Waals surface area (Å²) in [5, 5.41) is 38.5. The number of carboxylic acid groups (broad SMARTS) is 1. The molecule has 1 aromatic heterocycles. The van der Waals surface area contributed by atoms with E-state index in [9.17, 15) is 24.8 Å². The Morgan fingerprint density at radius 1 is 1.36 bits per heavy atom. The second-order valence-corrected chi connectivity index (χ2v) is 12.4. The van der Waals surface area contributed by atoms with E-state index in [-0.39, 0.29) is 46.4 Å². The van der Waals surface area contributed by atoms with Crippen molar-refractivity contribution in [3.05, 3.63) is 44.4 Å². The number of carbonyl (C=O) groups is 2. The number of aryl methyl sites for hydroxylation is 2. The molecular weight excluding hydrogens is 524 g/mol. The lowest BCUT2D eigenvalue weighted by molar-refractivity contribution is -0.386. The Morgan fingerprint density at radius 2 is 2.15 bits per heavy atom. The zero-order chi connectivity index (χ0) is 27.9. The molecule has 208 valence electrons. The maximum atomic E-state index is 12.8. The molecule has 2 saturated carbocycles. The van der Waals surface area contributed by atoms with E-state index in [1.54, 1.807) is 18.3 Å². The number of fused-ring (bicyclic) bond motifs is 5. The molecule has 0 bridgehead atoms. The summed E-state index contributed by atoms with van der Waals surface area (Å²) >= 11 is 1.42. The van der Waals surface area contributed by atoms with Crippen LogP contribution in [0.15, 0.2) is 23.5 Å². The standard InChI is InChI=1S/C27H32N4O7S/c1-14-12-28-26(39-14)29-23(33)6-4-16-10-22(30-38-13-24(34)35)27(2)8-7-17-18(25(16)27)5-3-15-9-21(32)20(31(36)37)11-19(15)17/h9,11-12,16-18,25,32H,3-8,10,13H2,1-2H3,(H,34,35)(H,28,29,33)/b30-22+/t16-,17?,18?,25?,27-/m1/s1.